The number of aliphatic hydroxyl groups excluding tert-OH is 1. The smallest absolute Gasteiger partial charge is 0.100 e. The summed E-state index contributed by atoms with van der Waals surface area (Å²) in [5.41, 5.74) is -0.977. The van der Waals surface area contributed by atoms with Crippen molar-refractivity contribution in [3.05, 3.63) is 0 Å². The van der Waals surface area contributed by atoms with E-state index in [-0.39, 0.29) is 6.61 Å². The predicted octanol–water partition coefficient (Wildman–Crippen LogP) is -0.671. The summed E-state index contributed by atoms with van der Waals surface area (Å²) in [5.74, 6) is 0. The van der Waals surface area contributed by atoms with Crippen LogP contribution in [0.2, 0.25) is 0 Å². The van der Waals surface area contributed by atoms with Crippen LogP contribution < -0.4 is 0 Å². The minimum absolute atomic E-state index is 0.213. The van der Waals surface area contributed by atoms with Crippen LogP contribution in [0.1, 0.15) is 12.8 Å². The van der Waals surface area contributed by atoms with Crippen LogP contribution in [0.4, 0.5) is 0 Å². The van der Waals surface area contributed by atoms with E-state index in [1.165, 1.54) is 0 Å². The predicted molar refractivity (Wildman–Crippen MR) is 43.3 cm³/mol. The van der Waals surface area contributed by atoms with Gasteiger partial charge in [-0.2, -0.15) is 5.26 Å². The molecule has 1 unspecified atom stereocenters. The largest absolute Gasteiger partial charge is 0.393 e. The van der Waals surface area contributed by atoms with Crippen molar-refractivity contribution in [1.29, 1.82) is 5.26 Å². The van der Waals surface area contributed by atoms with Crippen LogP contribution in [-0.4, -0.2) is 47.0 Å². The van der Waals surface area contributed by atoms with E-state index < -0.39 is 5.60 Å². The van der Waals surface area contributed by atoms with E-state index in [9.17, 15) is 5.11 Å². The first-order valence-electron chi connectivity index (χ1n) is 4.13. The van der Waals surface area contributed by atoms with Gasteiger partial charge in [0.15, 0.2) is 0 Å². The van der Waals surface area contributed by atoms with E-state index in [0.717, 1.165) is 13.0 Å². The number of β-amino-alcohol motifs (C(OH)–C–C–N with tert-alkyl or cyclic N) is 1. The van der Waals surface area contributed by atoms with Gasteiger partial charge < -0.3 is 10.2 Å². The van der Waals surface area contributed by atoms with Crippen molar-refractivity contribution in [3.8, 4) is 6.07 Å². The maximum absolute atomic E-state index is 9.68. The Labute approximate surface area is 72.0 Å². The van der Waals surface area contributed by atoms with Crippen molar-refractivity contribution in [2.45, 2.75) is 18.4 Å². The fourth-order valence-electron chi connectivity index (χ4n) is 1.57. The van der Waals surface area contributed by atoms with Crippen LogP contribution in [0.5, 0.6) is 0 Å². The number of aliphatic hydroxyl groups is 2. The topological polar surface area (TPSA) is 67.5 Å². The summed E-state index contributed by atoms with van der Waals surface area (Å²) in [6, 6.07) is 2.03. The first-order chi connectivity index (χ1) is 5.70. The van der Waals surface area contributed by atoms with E-state index in [2.05, 4.69) is 0 Å². The third-order valence-electron chi connectivity index (χ3n) is 2.22. The first-order valence-corrected chi connectivity index (χ1v) is 4.13. The standard InChI is InChI=1S/C8H14N2O2/c9-3-5-10-4-1-2-8(12,6-10)7-11/h11-12H,1-2,4-7H2. The van der Waals surface area contributed by atoms with Crippen LogP contribution in [0.25, 0.3) is 0 Å². The molecule has 68 valence electrons. The Kier molecular flexibility index (Phi) is 3.04. The van der Waals surface area contributed by atoms with Crippen molar-refractivity contribution in [2.75, 3.05) is 26.2 Å². The number of hydrogen-bond donors (Lipinski definition) is 2. The van der Waals surface area contributed by atoms with E-state index >= 15 is 0 Å². The maximum Gasteiger partial charge on any atom is 0.100 e. The Morgan fingerprint density at radius 2 is 2.33 bits per heavy atom. The Hall–Kier alpha value is -0.630. The van der Waals surface area contributed by atoms with Gasteiger partial charge in [-0.1, -0.05) is 0 Å². The van der Waals surface area contributed by atoms with Crippen molar-refractivity contribution in [2.24, 2.45) is 0 Å². The molecule has 1 heterocycles. The van der Waals surface area contributed by atoms with E-state index in [0.29, 0.717) is 19.5 Å². The second kappa shape index (κ2) is 3.85. The molecule has 0 aromatic rings. The molecule has 0 amide bonds. The molecule has 1 fully saturated rings. The van der Waals surface area contributed by atoms with Gasteiger partial charge in [-0.15, -0.1) is 0 Å². The third kappa shape index (κ3) is 2.18. The van der Waals surface area contributed by atoms with Crippen molar-refractivity contribution in [3.63, 3.8) is 0 Å². The van der Waals surface area contributed by atoms with E-state index in [4.69, 9.17) is 10.4 Å². The Morgan fingerprint density at radius 1 is 1.58 bits per heavy atom. The number of hydrogen-bond acceptors (Lipinski definition) is 4. The number of likely N-dealkylation sites (tertiary alicyclic amines) is 1. The molecule has 0 aromatic carbocycles. The summed E-state index contributed by atoms with van der Waals surface area (Å²) in [5, 5.41) is 27.0. The second-order valence-electron chi connectivity index (χ2n) is 3.35. The lowest BCUT2D eigenvalue weighted by Gasteiger charge is -2.36. The molecule has 1 rings (SSSR count). The minimum Gasteiger partial charge on any atom is -0.393 e. The zero-order valence-electron chi connectivity index (χ0n) is 7.03. The minimum atomic E-state index is -0.977. The fraction of sp³-hybridized carbons (Fsp3) is 0.875. The highest BCUT2D eigenvalue weighted by molar-refractivity contribution is 4.89. The molecule has 0 aromatic heterocycles. The maximum atomic E-state index is 9.68. The molecule has 1 aliphatic rings. The number of rotatable bonds is 2. The molecule has 1 aliphatic heterocycles. The molecule has 1 saturated heterocycles. The van der Waals surface area contributed by atoms with Crippen LogP contribution in [-0.2, 0) is 0 Å². The first kappa shape index (κ1) is 9.46. The SMILES string of the molecule is N#CCN1CCCC(O)(CO)C1. The fourth-order valence-corrected chi connectivity index (χ4v) is 1.57. The molecule has 0 spiro atoms. The lowest BCUT2D eigenvalue weighted by atomic mass is 9.94. The van der Waals surface area contributed by atoms with Crippen molar-refractivity contribution in [1.82, 2.24) is 4.90 Å². The normalized spacial score (nSPS) is 31.4. The molecule has 4 heteroatoms. The van der Waals surface area contributed by atoms with Crippen LogP contribution in [0, 0.1) is 11.3 Å². The quantitative estimate of drug-likeness (QED) is 0.539. The van der Waals surface area contributed by atoms with Crippen molar-refractivity contribution >= 4 is 0 Å². The van der Waals surface area contributed by atoms with Gasteiger partial charge in [0.05, 0.1) is 19.2 Å². The van der Waals surface area contributed by atoms with Gasteiger partial charge in [-0.25, -0.2) is 0 Å². The molecular weight excluding hydrogens is 156 g/mol. The van der Waals surface area contributed by atoms with Gasteiger partial charge in [-0.05, 0) is 19.4 Å². The van der Waals surface area contributed by atoms with Gasteiger partial charge in [0.1, 0.15) is 5.60 Å². The van der Waals surface area contributed by atoms with Gasteiger partial charge in [0.2, 0.25) is 0 Å². The van der Waals surface area contributed by atoms with Crippen LogP contribution >= 0.6 is 0 Å². The summed E-state index contributed by atoms with van der Waals surface area (Å²) < 4.78 is 0. The lowest BCUT2D eigenvalue weighted by molar-refractivity contribution is -0.0639. The number of nitriles is 1. The number of piperidine rings is 1. The molecule has 0 radical (unpaired) electrons. The molecular formula is C8H14N2O2. The van der Waals surface area contributed by atoms with Gasteiger partial charge in [0, 0.05) is 6.54 Å². The number of nitrogens with zero attached hydrogens (tertiary/aromatic N) is 2. The molecule has 12 heavy (non-hydrogen) atoms. The van der Waals surface area contributed by atoms with Crippen LogP contribution in [0.15, 0.2) is 0 Å². The summed E-state index contributed by atoms with van der Waals surface area (Å²) in [4.78, 5) is 1.86. The molecule has 0 aliphatic carbocycles. The molecule has 0 saturated carbocycles. The Bertz CT molecular complexity index is 190. The Balaban J connectivity index is 2.46. The zero-order valence-corrected chi connectivity index (χ0v) is 7.03. The lowest BCUT2D eigenvalue weighted by Crippen LogP contribution is -2.50. The molecule has 0 bridgehead atoms. The highest BCUT2D eigenvalue weighted by Gasteiger charge is 2.32. The summed E-state index contributed by atoms with van der Waals surface area (Å²) in [6.45, 7) is 1.38. The van der Waals surface area contributed by atoms with E-state index in [1.54, 1.807) is 0 Å². The molecule has 4 nitrogen and oxygen atoms in total. The van der Waals surface area contributed by atoms with Gasteiger partial charge >= 0.3 is 0 Å². The van der Waals surface area contributed by atoms with Gasteiger partial charge in [0.25, 0.3) is 0 Å². The zero-order chi connectivity index (χ0) is 9.03. The summed E-state index contributed by atoms with van der Waals surface area (Å²) in [7, 11) is 0. The van der Waals surface area contributed by atoms with E-state index in [1.807, 2.05) is 11.0 Å². The Morgan fingerprint density at radius 3 is 2.92 bits per heavy atom. The second-order valence-corrected chi connectivity index (χ2v) is 3.35. The molecule has 2 N–H and O–H groups in total. The van der Waals surface area contributed by atoms with Crippen molar-refractivity contribution < 1.29 is 10.2 Å². The highest BCUT2D eigenvalue weighted by Crippen LogP contribution is 2.19. The summed E-state index contributed by atoms with van der Waals surface area (Å²) >= 11 is 0. The highest BCUT2D eigenvalue weighted by atomic mass is 16.3. The third-order valence-corrected chi connectivity index (χ3v) is 2.22. The average Bonchev–Trinajstić information content (AvgIpc) is 2.05. The van der Waals surface area contributed by atoms with Gasteiger partial charge in [-0.3, -0.25) is 4.90 Å². The van der Waals surface area contributed by atoms with Crippen LogP contribution in [0.3, 0.4) is 0 Å². The average molecular weight is 170 g/mol. The molecule has 1 atom stereocenters. The summed E-state index contributed by atoms with van der Waals surface area (Å²) in [6.07, 6.45) is 1.48. The monoisotopic (exact) mass is 170 g/mol.